The lowest BCUT2D eigenvalue weighted by molar-refractivity contribution is -0.0353. The number of nitrogens with one attached hydrogen (secondary N) is 1. The molecule has 182 valence electrons. The van der Waals surface area contributed by atoms with Gasteiger partial charge < -0.3 is 20.7 Å². The molecule has 0 spiro atoms. The molecule has 35 heavy (non-hydrogen) atoms. The zero-order valence-corrected chi connectivity index (χ0v) is 19.6. The number of anilines is 2. The van der Waals surface area contributed by atoms with Crippen LogP contribution in [0.2, 0.25) is 5.02 Å². The molecule has 1 aliphatic carbocycles. The number of rotatable bonds is 6. The Kier molecular flexibility index (Phi) is 5.64. The van der Waals surface area contributed by atoms with Crippen molar-refractivity contribution in [2.24, 2.45) is 0 Å². The Labute approximate surface area is 203 Å². The van der Waals surface area contributed by atoms with E-state index in [2.05, 4.69) is 25.4 Å². The number of nitrogens with two attached hydrogens (primary N) is 1. The van der Waals surface area contributed by atoms with Gasteiger partial charge in [0.1, 0.15) is 35.0 Å². The molecule has 11 nitrogen and oxygen atoms in total. The normalized spacial score (nSPS) is 20.5. The molecule has 13 heteroatoms. The van der Waals surface area contributed by atoms with Crippen LogP contribution in [-0.4, -0.2) is 47.0 Å². The molecule has 4 aromatic rings. The van der Waals surface area contributed by atoms with Gasteiger partial charge >= 0.3 is 0 Å². The maximum absolute atomic E-state index is 14.6. The van der Waals surface area contributed by atoms with Gasteiger partial charge in [-0.05, 0) is 26.0 Å². The predicted octanol–water partition coefficient (Wildman–Crippen LogP) is 2.99. The zero-order chi connectivity index (χ0) is 24.9. The Balaban J connectivity index is 1.61. The van der Waals surface area contributed by atoms with Crippen LogP contribution in [-0.2, 0) is 0 Å². The highest BCUT2D eigenvalue weighted by Gasteiger charge is 2.46. The van der Waals surface area contributed by atoms with Gasteiger partial charge in [0.25, 0.3) is 11.4 Å². The first-order valence-electron chi connectivity index (χ1n) is 10.9. The second-order valence-corrected chi connectivity index (χ2v) is 9.05. The van der Waals surface area contributed by atoms with Gasteiger partial charge in [0.2, 0.25) is 0 Å². The third-order valence-electron chi connectivity index (χ3n) is 6.12. The average molecular weight is 501 g/mol. The van der Waals surface area contributed by atoms with Crippen LogP contribution in [0.1, 0.15) is 43.5 Å². The summed E-state index contributed by atoms with van der Waals surface area (Å²) in [7, 11) is 0. The van der Waals surface area contributed by atoms with Gasteiger partial charge in [-0.2, -0.15) is 4.98 Å². The molecule has 3 heterocycles. The van der Waals surface area contributed by atoms with Crippen molar-refractivity contribution >= 4 is 34.1 Å². The van der Waals surface area contributed by atoms with E-state index in [-0.39, 0.29) is 40.5 Å². The van der Waals surface area contributed by atoms with Crippen molar-refractivity contribution in [3.63, 3.8) is 0 Å². The number of benzene rings is 1. The smallest absolute Gasteiger partial charge is 0.265 e. The molecule has 3 aromatic heterocycles. The van der Waals surface area contributed by atoms with Gasteiger partial charge in [-0.1, -0.05) is 22.8 Å². The highest BCUT2D eigenvalue weighted by atomic mass is 35.5. The second kappa shape index (κ2) is 8.54. The van der Waals surface area contributed by atoms with Crippen molar-refractivity contribution in [2.75, 3.05) is 17.7 Å². The molecule has 1 aliphatic rings. The van der Waals surface area contributed by atoms with Crippen LogP contribution < -0.4 is 16.6 Å². The minimum Gasteiger partial charge on any atom is -0.393 e. The number of fused-ring (bicyclic) bond motifs is 1. The van der Waals surface area contributed by atoms with Gasteiger partial charge in [0.15, 0.2) is 5.82 Å². The SMILES string of the molecule is Cc1noc(-c2c(N)ncnc2N[C@@H](C)c2nc3cccc(Cl)c3c(=O)n2C2CC(F)(CO)C2)n1. The number of alkyl halides is 1. The number of aromatic nitrogens is 6. The van der Waals surface area contributed by atoms with Gasteiger partial charge in [-0.3, -0.25) is 9.36 Å². The number of halogens is 2. The molecule has 1 atom stereocenters. The van der Waals surface area contributed by atoms with Crippen LogP contribution in [0.15, 0.2) is 33.8 Å². The first-order chi connectivity index (χ1) is 16.7. The third-order valence-corrected chi connectivity index (χ3v) is 6.43. The van der Waals surface area contributed by atoms with E-state index >= 15 is 0 Å². The highest BCUT2D eigenvalue weighted by Crippen LogP contribution is 2.44. The molecular formula is C22H22ClFN8O3. The minimum atomic E-state index is -1.74. The second-order valence-electron chi connectivity index (χ2n) is 8.65. The molecule has 5 rings (SSSR count). The Bertz CT molecular complexity index is 1480. The fourth-order valence-corrected chi connectivity index (χ4v) is 4.61. The molecule has 0 radical (unpaired) electrons. The largest absolute Gasteiger partial charge is 0.393 e. The van der Waals surface area contributed by atoms with Crippen LogP contribution in [0.5, 0.6) is 0 Å². The number of hydrogen-bond donors (Lipinski definition) is 3. The molecule has 0 aliphatic heterocycles. The molecule has 0 saturated heterocycles. The molecular weight excluding hydrogens is 479 g/mol. The molecule has 1 fully saturated rings. The van der Waals surface area contributed by atoms with Gasteiger partial charge in [0.05, 0.1) is 28.6 Å². The van der Waals surface area contributed by atoms with Crippen LogP contribution in [0.3, 0.4) is 0 Å². The van der Waals surface area contributed by atoms with E-state index in [9.17, 15) is 14.3 Å². The maximum atomic E-state index is 14.6. The summed E-state index contributed by atoms with van der Waals surface area (Å²) < 4.78 is 21.3. The summed E-state index contributed by atoms with van der Waals surface area (Å²) in [5.41, 5.74) is 4.67. The van der Waals surface area contributed by atoms with E-state index in [0.717, 1.165) is 0 Å². The van der Waals surface area contributed by atoms with Crippen molar-refractivity contribution in [3.05, 3.63) is 51.6 Å². The Morgan fingerprint density at radius 3 is 2.83 bits per heavy atom. The fraction of sp³-hybridized carbons (Fsp3) is 0.364. The van der Waals surface area contributed by atoms with Crippen molar-refractivity contribution in [1.82, 2.24) is 29.7 Å². The Morgan fingerprint density at radius 2 is 2.14 bits per heavy atom. The molecule has 1 saturated carbocycles. The first-order valence-corrected chi connectivity index (χ1v) is 11.3. The van der Waals surface area contributed by atoms with Crippen molar-refractivity contribution in [2.45, 2.75) is 44.4 Å². The van der Waals surface area contributed by atoms with Crippen LogP contribution >= 0.6 is 11.6 Å². The summed E-state index contributed by atoms with van der Waals surface area (Å²) in [6.45, 7) is 2.83. The molecule has 1 aromatic carbocycles. The zero-order valence-electron chi connectivity index (χ0n) is 18.9. The lowest BCUT2D eigenvalue weighted by Gasteiger charge is -2.42. The van der Waals surface area contributed by atoms with E-state index < -0.39 is 24.4 Å². The van der Waals surface area contributed by atoms with Gasteiger partial charge in [-0.15, -0.1) is 0 Å². The third kappa shape index (κ3) is 3.98. The number of hydrogen-bond acceptors (Lipinski definition) is 10. The van der Waals surface area contributed by atoms with E-state index in [1.54, 1.807) is 32.0 Å². The van der Waals surface area contributed by atoms with E-state index in [1.807, 2.05) is 0 Å². The van der Waals surface area contributed by atoms with Crippen LogP contribution in [0.25, 0.3) is 22.4 Å². The summed E-state index contributed by atoms with van der Waals surface area (Å²) in [4.78, 5) is 30.8. The highest BCUT2D eigenvalue weighted by molar-refractivity contribution is 6.35. The molecule has 0 bridgehead atoms. The Hall–Kier alpha value is -3.64. The standard InChI is InChI=1S/C22H22ClFN8O3/c1-10(28-18-16(17(25)26-9-27-18)20-29-11(2)31-35-20)19-30-14-5-3-4-13(23)15(14)21(34)32(19)12-6-22(24,7-12)8-33/h3-5,9-10,12,33H,6-8H2,1-2H3,(H3,25,26,27,28)/t10-,12?,22?/m0/s1. The summed E-state index contributed by atoms with van der Waals surface area (Å²) in [6, 6.07) is 3.90. The van der Waals surface area contributed by atoms with E-state index in [1.165, 1.54) is 10.9 Å². The lowest BCUT2D eigenvalue weighted by atomic mass is 9.77. The van der Waals surface area contributed by atoms with Crippen molar-refractivity contribution in [1.29, 1.82) is 0 Å². The summed E-state index contributed by atoms with van der Waals surface area (Å²) >= 11 is 6.32. The van der Waals surface area contributed by atoms with Crippen molar-refractivity contribution in [3.8, 4) is 11.5 Å². The van der Waals surface area contributed by atoms with E-state index in [0.29, 0.717) is 28.5 Å². The summed E-state index contributed by atoms with van der Waals surface area (Å²) in [5, 5.41) is 16.9. The van der Waals surface area contributed by atoms with Gasteiger partial charge in [-0.25, -0.2) is 19.3 Å². The number of aryl methyl sites for hydroxylation is 1. The number of aliphatic hydroxyl groups is 1. The monoisotopic (exact) mass is 500 g/mol. The molecule has 4 N–H and O–H groups in total. The maximum Gasteiger partial charge on any atom is 0.265 e. The van der Waals surface area contributed by atoms with Crippen LogP contribution in [0.4, 0.5) is 16.0 Å². The summed E-state index contributed by atoms with van der Waals surface area (Å²) in [5.74, 6) is 1.31. The molecule has 0 amide bonds. The van der Waals surface area contributed by atoms with Crippen LogP contribution in [0, 0.1) is 6.92 Å². The minimum absolute atomic E-state index is 0.0201. The molecule has 0 unspecified atom stereocenters. The number of nitrogen functional groups attached to an aromatic ring is 1. The van der Waals surface area contributed by atoms with Gasteiger partial charge in [0, 0.05) is 18.9 Å². The lowest BCUT2D eigenvalue weighted by Crippen LogP contribution is -2.48. The predicted molar refractivity (Wildman–Crippen MR) is 127 cm³/mol. The Morgan fingerprint density at radius 1 is 1.37 bits per heavy atom. The average Bonchev–Trinajstić information content (AvgIpc) is 3.22. The topological polar surface area (TPSA) is 158 Å². The number of aliphatic hydroxyl groups excluding tert-OH is 1. The quantitative estimate of drug-likeness (QED) is 0.359. The fourth-order valence-electron chi connectivity index (χ4n) is 4.36. The summed E-state index contributed by atoms with van der Waals surface area (Å²) in [6.07, 6.45) is 1.24. The number of nitrogens with zero attached hydrogens (tertiary/aromatic N) is 6. The van der Waals surface area contributed by atoms with Crippen molar-refractivity contribution < 1.29 is 14.0 Å². The van der Waals surface area contributed by atoms with E-state index in [4.69, 9.17) is 26.8 Å². The first kappa shape index (κ1) is 23.1.